The molecule has 2 amide bonds. The molecule has 7 nitrogen and oxygen atoms in total. The van der Waals surface area contributed by atoms with E-state index in [9.17, 15) is 9.59 Å². The van der Waals surface area contributed by atoms with Crippen molar-refractivity contribution in [3.05, 3.63) is 0 Å². The molecular weight excluding hydrogens is 308 g/mol. The second-order valence-electron chi connectivity index (χ2n) is 6.94. The van der Waals surface area contributed by atoms with Gasteiger partial charge in [0, 0.05) is 25.0 Å². The smallest absolute Gasteiger partial charge is 0.238 e. The summed E-state index contributed by atoms with van der Waals surface area (Å²) in [4.78, 5) is 22.6. The Kier molecular flexibility index (Phi) is 9.68. The van der Waals surface area contributed by atoms with Gasteiger partial charge in [0.05, 0.1) is 11.5 Å². The van der Waals surface area contributed by atoms with Crippen LogP contribution < -0.4 is 11.1 Å². The van der Waals surface area contributed by atoms with E-state index in [1.165, 1.54) is 0 Å². The highest BCUT2D eigenvalue weighted by molar-refractivity contribution is 5.82. The van der Waals surface area contributed by atoms with Crippen molar-refractivity contribution >= 4 is 11.8 Å². The molecule has 0 aromatic rings. The first-order valence-corrected chi connectivity index (χ1v) is 8.14. The van der Waals surface area contributed by atoms with Crippen molar-refractivity contribution in [3.63, 3.8) is 0 Å². The largest absolute Gasteiger partial charge is 0.381 e. The van der Waals surface area contributed by atoms with Crippen LogP contribution in [-0.2, 0) is 14.3 Å². The summed E-state index contributed by atoms with van der Waals surface area (Å²) in [7, 11) is 0. The molecule has 0 rings (SSSR count). The molecule has 0 aromatic carbocycles. The average molecular weight is 336 g/mol. The lowest BCUT2D eigenvalue weighted by Crippen LogP contribution is -2.34. The molecule has 0 bridgehead atoms. The Hall–Kier alpha value is -2.12. The van der Waals surface area contributed by atoms with E-state index < -0.39 is 16.7 Å². The van der Waals surface area contributed by atoms with Crippen LogP contribution >= 0.6 is 0 Å². The van der Waals surface area contributed by atoms with Gasteiger partial charge in [0.2, 0.25) is 11.8 Å². The van der Waals surface area contributed by atoms with Crippen LogP contribution in [0.2, 0.25) is 0 Å². The summed E-state index contributed by atoms with van der Waals surface area (Å²) >= 11 is 0. The fourth-order valence-corrected chi connectivity index (χ4v) is 2.25. The van der Waals surface area contributed by atoms with Crippen LogP contribution in [0.4, 0.5) is 0 Å². The molecular formula is C17H28N4O3. The summed E-state index contributed by atoms with van der Waals surface area (Å²) < 4.78 is 5.51. The van der Waals surface area contributed by atoms with Crippen molar-refractivity contribution in [3.8, 4) is 12.3 Å². The van der Waals surface area contributed by atoms with Crippen LogP contribution in [-0.4, -0.2) is 25.0 Å². The van der Waals surface area contributed by atoms with Gasteiger partial charge in [-0.1, -0.05) is 26.7 Å². The number of hydrogen-bond acceptors (Lipinski definition) is 5. The summed E-state index contributed by atoms with van der Waals surface area (Å²) in [6.07, 6.45) is 5.50. The number of carbonyl (C=O) groups excluding carboxylic acids is 2. The summed E-state index contributed by atoms with van der Waals surface area (Å²) in [5.74, 6) is -0.742. The van der Waals surface area contributed by atoms with Gasteiger partial charge in [-0.25, -0.2) is 0 Å². The number of carbonyl (C=O) groups is 2. The Morgan fingerprint density at radius 2 is 1.75 bits per heavy atom. The van der Waals surface area contributed by atoms with Gasteiger partial charge in [-0.2, -0.15) is 10.5 Å². The second-order valence-corrected chi connectivity index (χ2v) is 6.94. The van der Waals surface area contributed by atoms with E-state index in [1.54, 1.807) is 13.1 Å². The summed E-state index contributed by atoms with van der Waals surface area (Å²) in [6.45, 7) is 6.32. The predicted molar refractivity (Wildman–Crippen MR) is 89.0 cm³/mol. The van der Waals surface area contributed by atoms with Crippen LogP contribution in [0.15, 0.2) is 0 Å². The third kappa shape index (κ3) is 9.12. The zero-order valence-electron chi connectivity index (χ0n) is 14.9. The normalized spacial score (nSPS) is 13.4. The van der Waals surface area contributed by atoms with Crippen molar-refractivity contribution in [2.75, 3.05) is 13.2 Å². The highest BCUT2D eigenvalue weighted by Crippen LogP contribution is 2.25. The van der Waals surface area contributed by atoms with Crippen molar-refractivity contribution in [2.24, 2.45) is 16.6 Å². The number of amides is 2. The molecule has 3 N–H and O–H groups in total. The van der Waals surface area contributed by atoms with Crippen molar-refractivity contribution < 1.29 is 14.3 Å². The Bertz CT molecular complexity index is 505. The molecule has 0 aliphatic carbocycles. The Morgan fingerprint density at radius 1 is 1.08 bits per heavy atom. The van der Waals surface area contributed by atoms with Gasteiger partial charge in [-0.3, -0.25) is 14.9 Å². The van der Waals surface area contributed by atoms with Gasteiger partial charge in [-0.15, -0.1) is 0 Å². The van der Waals surface area contributed by atoms with E-state index >= 15 is 0 Å². The van der Waals surface area contributed by atoms with Crippen LogP contribution in [0.3, 0.4) is 0 Å². The number of nitrogens with two attached hydrogens (primary N) is 1. The lowest BCUT2D eigenvalue weighted by molar-refractivity contribution is -0.128. The van der Waals surface area contributed by atoms with Gasteiger partial charge < -0.3 is 10.5 Å². The Morgan fingerprint density at radius 3 is 2.29 bits per heavy atom. The van der Waals surface area contributed by atoms with Gasteiger partial charge in [-0.05, 0) is 26.2 Å². The zero-order valence-corrected chi connectivity index (χ0v) is 14.9. The number of nitrogens with zero attached hydrogens (tertiary/aromatic N) is 2. The number of unbranched alkanes of at least 4 members (excludes halogenated alkanes) is 2. The van der Waals surface area contributed by atoms with Gasteiger partial charge in [0.25, 0.3) is 0 Å². The topological polar surface area (TPSA) is 129 Å². The molecule has 134 valence electrons. The first kappa shape index (κ1) is 21.9. The number of ether oxygens (including phenoxy) is 1. The summed E-state index contributed by atoms with van der Waals surface area (Å²) in [5.41, 5.74) is 3.81. The predicted octanol–water partition coefficient (Wildman–Crippen LogP) is 1.98. The molecule has 1 atom stereocenters. The summed E-state index contributed by atoms with van der Waals surface area (Å²) in [5, 5.41) is 19.7. The monoisotopic (exact) mass is 336 g/mol. The SMILES string of the molecule is CC(C#N)(CCOCCCCCC(C)(C)C(=O)NC#N)CC(N)=O. The van der Waals surface area contributed by atoms with E-state index in [0.29, 0.717) is 26.1 Å². The fraction of sp³-hybridized carbons (Fsp3) is 0.765. The van der Waals surface area contributed by atoms with Crippen LogP contribution in [0.1, 0.15) is 59.3 Å². The third-order valence-electron chi connectivity index (χ3n) is 4.01. The first-order valence-electron chi connectivity index (χ1n) is 8.14. The highest BCUT2D eigenvalue weighted by atomic mass is 16.5. The lowest BCUT2D eigenvalue weighted by Gasteiger charge is -2.21. The van der Waals surface area contributed by atoms with Crippen molar-refractivity contribution in [1.82, 2.24) is 5.32 Å². The minimum absolute atomic E-state index is 0.0344. The molecule has 24 heavy (non-hydrogen) atoms. The molecule has 0 saturated heterocycles. The minimum Gasteiger partial charge on any atom is -0.381 e. The minimum atomic E-state index is -0.774. The lowest BCUT2D eigenvalue weighted by atomic mass is 9.85. The van der Waals surface area contributed by atoms with Crippen LogP contribution in [0, 0.1) is 33.6 Å². The molecule has 0 aromatic heterocycles. The molecule has 0 fully saturated rings. The molecule has 0 spiro atoms. The maximum absolute atomic E-state index is 11.7. The maximum Gasteiger partial charge on any atom is 0.238 e. The summed E-state index contributed by atoms with van der Waals surface area (Å²) in [6, 6.07) is 2.12. The maximum atomic E-state index is 11.7. The highest BCUT2D eigenvalue weighted by Gasteiger charge is 2.27. The quantitative estimate of drug-likeness (QED) is 0.320. The third-order valence-corrected chi connectivity index (χ3v) is 4.01. The Balaban J connectivity index is 3.82. The van der Waals surface area contributed by atoms with Gasteiger partial charge in [0.15, 0.2) is 6.19 Å². The number of hydrogen-bond donors (Lipinski definition) is 2. The molecule has 0 saturated carbocycles. The molecule has 0 aliphatic heterocycles. The number of nitrogens with one attached hydrogen (secondary N) is 1. The average Bonchev–Trinajstić information content (AvgIpc) is 2.49. The van der Waals surface area contributed by atoms with E-state index in [-0.39, 0.29) is 12.3 Å². The fourth-order valence-electron chi connectivity index (χ4n) is 2.25. The van der Waals surface area contributed by atoms with Crippen molar-refractivity contribution in [2.45, 2.75) is 59.3 Å². The van der Waals surface area contributed by atoms with Gasteiger partial charge in [0.1, 0.15) is 0 Å². The van der Waals surface area contributed by atoms with E-state index in [1.807, 2.05) is 13.8 Å². The molecule has 1 unspecified atom stereocenters. The molecule has 7 heteroatoms. The van der Waals surface area contributed by atoms with E-state index in [2.05, 4.69) is 11.4 Å². The Labute approximate surface area is 144 Å². The number of primary amides is 1. The first-order chi connectivity index (χ1) is 11.2. The van der Waals surface area contributed by atoms with Crippen LogP contribution in [0.25, 0.3) is 0 Å². The van der Waals surface area contributed by atoms with Crippen LogP contribution in [0.5, 0.6) is 0 Å². The zero-order chi connectivity index (χ0) is 18.6. The standard InChI is InChI=1S/C17H28N4O3/c1-16(2,15(23)21-13-19)7-5-4-6-9-24-10-8-17(3,12-18)11-14(20)22/h4-11H2,1-3H3,(H2,20,22)(H,21,23). The van der Waals surface area contributed by atoms with E-state index in [4.69, 9.17) is 21.0 Å². The van der Waals surface area contributed by atoms with Gasteiger partial charge >= 0.3 is 0 Å². The molecule has 0 heterocycles. The number of nitriles is 2. The second kappa shape index (κ2) is 10.6. The van der Waals surface area contributed by atoms with E-state index in [0.717, 1.165) is 19.3 Å². The molecule has 0 radical (unpaired) electrons. The van der Waals surface area contributed by atoms with Crippen molar-refractivity contribution in [1.29, 1.82) is 10.5 Å². The molecule has 0 aliphatic rings. The number of rotatable bonds is 12.